The molecule has 0 bridgehead atoms. The minimum Gasteiger partial charge on any atom is -0.493 e. The normalized spacial score (nSPS) is 14.7. The molecule has 10 heteroatoms. The number of carbonyl (C=O) groups is 2. The molecule has 0 spiro atoms. The Bertz CT molecular complexity index is 1250. The van der Waals surface area contributed by atoms with Gasteiger partial charge in [-0.25, -0.2) is 0 Å². The quantitative estimate of drug-likeness (QED) is 0.436. The Hall–Kier alpha value is -4.08. The molecule has 3 aromatic rings. The largest absolute Gasteiger partial charge is 0.493 e. The van der Waals surface area contributed by atoms with Gasteiger partial charge in [0.15, 0.2) is 11.3 Å². The first-order chi connectivity index (χ1) is 16.3. The van der Waals surface area contributed by atoms with E-state index in [0.717, 1.165) is 5.39 Å². The molecule has 1 aliphatic heterocycles. The van der Waals surface area contributed by atoms with Crippen molar-refractivity contribution in [2.45, 2.75) is 19.9 Å². The fourth-order valence-electron chi connectivity index (χ4n) is 4.12. The van der Waals surface area contributed by atoms with Crippen LogP contribution in [0.1, 0.15) is 36.0 Å². The van der Waals surface area contributed by atoms with E-state index in [4.69, 9.17) is 9.15 Å². The number of carbonyl (C=O) groups excluding carboxylic acids is 2. The number of nitrogens with one attached hydrogen (secondary N) is 1. The Kier molecular flexibility index (Phi) is 6.40. The number of rotatable bonds is 6. The lowest BCUT2D eigenvalue weighted by molar-refractivity contribution is -0.384. The molecule has 1 aromatic heterocycles. The van der Waals surface area contributed by atoms with Crippen molar-refractivity contribution in [3.8, 4) is 5.75 Å². The van der Waals surface area contributed by atoms with Crippen LogP contribution >= 0.6 is 0 Å². The number of methoxy groups -OCH3 is 1. The zero-order valence-corrected chi connectivity index (χ0v) is 19.2. The Labute approximate surface area is 196 Å². The highest BCUT2D eigenvalue weighted by molar-refractivity contribution is 5.96. The third-order valence-corrected chi connectivity index (χ3v) is 6.02. The highest BCUT2D eigenvalue weighted by atomic mass is 16.6. The monoisotopic (exact) mass is 466 g/mol. The summed E-state index contributed by atoms with van der Waals surface area (Å²) in [4.78, 5) is 39.3. The van der Waals surface area contributed by atoms with Crippen LogP contribution in [-0.2, 0) is 4.79 Å². The van der Waals surface area contributed by atoms with Gasteiger partial charge in [0.05, 0.1) is 18.1 Å². The van der Waals surface area contributed by atoms with Crippen molar-refractivity contribution in [1.29, 1.82) is 0 Å². The zero-order valence-electron chi connectivity index (χ0n) is 19.2. The molecule has 1 fully saturated rings. The van der Waals surface area contributed by atoms with E-state index < -0.39 is 16.9 Å². The molecular weight excluding hydrogens is 440 g/mol. The van der Waals surface area contributed by atoms with Gasteiger partial charge in [-0.3, -0.25) is 19.7 Å². The number of para-hydroxylation sites is 1. The lowest BCUT2D eigenvalue weighted by Gasteiger charge is -2.35. The van der Waals surface area contributed by atoms with Crippen molar-refractivity contribution in [3.63, 3.8) is 0 Å². The fourth-order valence-corrected chi connectivity index (χ4v) is 4.12. The van der Waals surface area contributed by atoms with Crippen LogP contribution in [0.25, 0.3) is 11.0 Å². The van der Waals surface area contributed by atoms with E-state index in [1.165, 1.54) is 13.0 Å². The van der Waals surface area contributed by atoms with E-state index in [-0.39, 0.29) is 17.2 Å². The van der Waals surface area contributed by atoms with Gasteiger partial charge in [-0.05, 0) is 31.2 Å². The van der Waals surface area contributed by atoms with Gasteiger partial charge in [0.2, 0.25) is 5.91 Å². The van der Waals surface area contributed by atoms with Crippen LogP contribution in [0.2, 0.25) is 0 Å². The number of anilines is 1. The second-order valence-corrected chi connectivity index (χ2v) is 8.18. The molecule has 1 atom stereocenters. The van der Waals surface area contributed by atoms with Gasteiger partial charge in [0.25, 0.3) is 11.6 Å². The Morgan fingerprint density at radius 3 is 2.53 bits per heavy atom. The lowest BCUT2D eigenvalue weighted by Crippen LogP contribution is -2.48. The molecular formula is C24H26N4O6. The van der Waals surface area contributed by atoms with Gasteiger partial charge in [0.1, 0.15) is 11.4 Å². The SMILES string of the molecule is COc1cccc2cc(C(C)NC(=O)c3ccc(N4CCN(C(C)=O)CC4)c([N+](=O)[O-])c3)oc12. The molecule has 4 rings (SSSR count). The van der Waals surface area contributed by atoms with Crippen molar-refractivity contribution >= 4 is 34.2 Å². The average molecular weight is 466 g/mol. The van der Waals surface area contributed by atoms with Crippen molar-refractivity contribution in [2.24, 2.45) is 0 Å². The predicted molar refractivity (Wildman–Crippen MR) is 126 cm³/mol. The summed E-state index contributed by atoms with van der Waals surface area (Å²) in [7, 11) is 1.56. The van der Waals surface area contributed by atoms with Crippen LogP contribution in [-0.4, -0.2) is 54.9 Å². The fraction of sp³-hybridized carbons (Fsp3) is 0.333. The molecule has 0 saturated carbocycles. The van der Waals surface area contributed by atoms with Crippen molar-refractivity contribution in [1.82, 2.24) is 10.2 Å². The van der Waals surface area contributed by atoms with Gasteiger partial charge < -0.3 is 24.3 Å². The third kappa shape index (κ3) is 4.52. The van der Waals surface area contributed by atoms with Gasteiger partial charge in [-0.1, -0.05) is 12.1 Å². The summed E-state index contributed by atoms with van der Waals surface area (Å²) in [5.74, 6) is 0.675. The topological polar surface area (TPSA) is 118 Å². The number of ether oxygens (including phenoxy) is 1. The maximum Gasteiger partial charge on any atom is 0.293 e. The molecule has 10 nitrogen and oxygen atoms in total. The first kappa shape index (κ1) is 23.1. The summed E-state index contributed by atoms with van der Waals surface area (Å²) in [5.41, 5.74) is 1.05. The number of piperazine rings is 1. The molecule has 1 unspecified atom stereocenters. The van der Waals surface area contributed by atoms with Gasteiger partial charge in [0, 0.05) is 50.1 Å². The van der Waals surface area contributed by atoms with Crippen LogP contribution in [0.4, 0.5) is 11.4 Å². The summed E-state index contributed by atoms with van der Waals surface area (Å²) in [6.45, 7) is 5.24. The van der Waals surface area contributed by atoms with Crippen LogP contribution in [0.5, 0.6) is 5.75 Å². The highest BCUT2D eigenvalue weighted by Gasteiger charge is 2.26. The summed E-state index contributed by atoms with van der Waals surface area (Å²) in [5, 5.41) is 15.5. The van der Waals surface area contributed by atoms with Crippen LogP contribution in [0.3, 0.4) is 0 Å². The number of hydrogen-bond acceptors (Lipinski definition) is 7. The molecule has 2 amide bonds. The molecule has 178 valence electrons. The summed E-state index contributed by atoms with van der Waals surface area (Å²) >= 11 is 0. The molecule has 1 aliphatic rings. The average Bonchev–Trinajstić information content (AvgIpc) is 3.28. The number of hydrogen-bond donors (Lipinski definition) is 1. The van der Waals surface area contributed by atoms with Crippen molar-refractivity contribution in [2.75, 3.05) is 38.2 Å². The van der Waals surface area contributed by atoms with Gasteiger partial charge in [-0.15, -0.1) is 0 Å². The molecule has 0 aliphatic carbocycles. The molecule has 1 N–H and O–H groups in total. The smallest absolute Gasteiger partial charge is 0.293 e. The van der Waals surface area contributed by atoms with E-state index in [2.05, 4.69) is 5.32 Å². The third-order valence-electron chi connectivity index (χ3n) is 6.02. The van der Waals surface area contributed by atoms with Gasteiger partial charge >= 0.3 is 0 Å². The van der Waals surface area contributed by atoms with E-state index >= 15 is 0 Å². The Balaban J connectivity index is 1.52. The molecule has 0 radical (unpaired) electrons. The maximum atomic E-state index is 12.9. The first-order valence-electron chi connectivity index (χ1n) is 10.9. The van der Waals surface area contributed by atoms with E-state index in [0.29, 0.717) is 49.0 Å². The van der Waals surface area contributed by atoms with Crippen molar-refractivity contribution in [3.05, 3.63) is 63.9 Å². The number of amides is 2. The number of furan rings is 1. The minimum absolute atomic E-state index is 0.0156. The van der Waals surface area contributed by atoms with E-state index in [1.807, 2.05) is 23.1 Å². The summed E-state index contributed by atoms with van der Waals surface area (Å²) in [6, 6.07) is 11.3. The van der Waals surface area contributed by atoms with Crippen molar-refractivity contribution < 1.29 is 23.7 Å². The number of nitro benzene ring substituents is 1. The second-order valence-electron chi connectivity index (χ2n) is 8.18. The van der Waals surface area contributed by atoms with Gasteiger partial charge in [-0.2, -0.15) is 0 Å². The number of nitrogens with zero attached hydrogens (tertiary/aromatic N) is 3. The number of nitro groups is 1. The van der Waals surface area contributed by atoms with E-state index in [9.17, 15) is 19.7 Å². The molecule has 34 heavy (non-hydrogen) atoms. The van der Waals surface area contributed by atoms with Crippen LogP contribution in [0, 0.1) is 10.1 Å². The number of benzene rings is 2. The standard InChI is InChI=1S/C24H26N4O6/c1-15(22-14-17-5-4-6-21(33-3)23(17)34-22)25-24(30)18-7-8-19(20(13-18)28(31)32)27-11-9-26(10-12-27)16(2)29/h4-8,13-15H,9-12H2,1-3H3,(H,25,30). The zero-order chi connectivity index (χ0) is 24.4. The first-order valence-corrected chi connectivity index (χ1v) is 10.9. The Morgan fingerprint density at radius 1 is 1.15 bits per heavy atom. The maximum absolute atomic E-state index is 12.9. The molecule has 2 aromatic carbocycles. The second kappa shape index (κ2) is 9.42. The molecule has 1 saturated heterocycles. The lowest BCUT2D eigenvalue weighted by atomic mass is 10.1. The minimum atomic E-state index is -0.488. The van der Waals surface area contributed by atoms with Crippen LogP contribution < -0.4 is 15.0 Å². The highest BCUT2D eigenvalue weighted by Crippen LogP contribution is 2.32. The van der Waals surface area contributed by atoms with E-state index in [1.54, 1.807) is 37.1 Å². The summed E-state index contributed by atoms with van der Waals surface area (Å²) < 4.78 is 11.2. The van der Waals surface area contributed by atoms with Crippen LogP contribution in [0.15, 0.2) is 46.9 Å². The molecule has 2 heterocycles. The summed E-state index contributed by atoms with van der Waals surface area (Å²) in [6.07, 6.45) is 0. The Morgan fingerprint density at radius 2 is 1.88 bits per heavy atom. The number of fused-ring (bicyclic) bond motifs is 1. The predicted octanol–water partition coefficient (Wildman–Crippen LogP) is 3.51.